The first-order valence-corrected chi connectivity index (χ1v) is 3.96. The lowest BCUT2D eigenvalue weighted by molar-refractivity contribution is 0.150. The number of hydrogen-bond donors (Lipinski definition) is 1. The van der Waals surface area contributed by atoms with Crippen LogP contribution in [0.3, 0.4) is 0 Å². The van der Waals surface area contributed by atoms with E-state index in [1.807, 2.05) is 14.1 Å². The van der Waals surface area contributed by atoms with E-state index < -0.39 is 0 Å². The molecule has 4 heteroatoms. The highest BCUT2D eigenvalue weighted by Gasteiger charge is 2.07. The normalized spacial score (nSPS) is 18.8. The van der Waals surface area contributed by atoms with E-state index in [9.17, 15) is 0 Å². The van der Waals surface area contributed by atoms with Crippen molar-refractivity contribution in [3.05, 3.63) is 11.3 Å². The van der Waals surface area contributed by atoms with Crippen molar-refractivity contribution in [1.82, 2.24) is 5.01 Å². The van der Waals surface area contributed by atoms with Crippen molar-refractivity contribution in [2.24, 2.45) is 10.8 Å². The van der Waals surface area contributed by atoms with Crippen LogP contribution in [0.15, 0.2) is 16.4 Å². The Kier molecular flexibility index (Phi) is 3.10. The van der Waals surface area contributed by atoms with Crippen LogP contribution in [0.5, 0.6) is 0 Å². The molecule has 1 heterocycles. The van der Waals surface area contributed by atoms with Gasteiger partial charge in [-0.25, -0.2) is 0 Å². The van der Waals surface area contributed by atoms with E-state index in [4.69, 9.17) is 10.5 Å². The first-order valence-electron chi connectivity index (χ1n) is 3.96. The van der Waals surface area contributed by atoms with Crippen LogP contribution in [0, 0.1) is 0 Å². The van der Waals surface area contributed by atoms with Crippen LogP contribution in [0.4, 0.5) is 0 Å². The van der Waals surface area contributed by atoms with Crippen LogP contribution < -0.4 is 5.73 Å². The second kappa shape index (κ2) is 4.11. The SMILES string of the molecule is CN(C)N=CC1=C(N)CCOC1. The third kappa shape index (κ3) is 2.54. The van der Waals surface area contributed by atoms with Gasteiger partial charge < -0.3 is 15.5 Å². The van der Waals surface area contributed by atoms with Gasteiger partial charge in [0.2, 0.25) is 0 Å². The summed E-state index contributed by atoms with van der Waals surface area (Å²) in [5, 5.41) is 5.82. The second-order valence-electron chi connectivity index (χ2n) is 2.94. The van der Waals surface area contributed by atoms with Gasteiger partial charge in [-0.05, 0) is 0 Å². The van der Waals surface area contributed by atoms with Crippen molar-refractivity contribution in [2.75, 3.05) is 27.3 Å². The fourth-order valence-electron chi connectivity index (χ4n) is 0.923. The first kappa shape index (κ1) is 9.06. The fourth-order valence-corrected chi connectivity index (χ4v) is 0.923. The molecule has 0 aromatic heterocycles. The molecule has 0 atom stereocenters. The molecular formula is C8H15N3O. The molecule has 1 rings (SSSR count). The average Bonchev–Trinajstić information content (AvgIpc) is 2.03. The molecule has 0 amide bonds. The van der Waals surface area contributed by atoms with Gasteiger partial charge in [-0.15, -0.1) is 0 Å². The molecule has 0 fully saturated rings. The van der Waals surface area contributed by atoms with Crippen LogP contribution in [0.2, 0.25) is 0 Å². The molecule has 0 saturated carbocycles. The van der Waals surface area contributed by atoms with E-state index in [1.54, 1.807) is 11.2 Å². The minimum absolute atomic E-state index is 0.586. The van der Waals surface area contributed by atoms with Crippen LogP contribution in [0.1, 0.15) is 6.42 Å². The molecule has 4 nitrogen and oxygen atoms in total. The summed E-state index contributed by atoms with van der Waals surface area (Å²) in [6.07, 6.45) is 2.57. The van der Waals surface area contributed by atoms with Gasteiger partial charge in [0.15, 0.2) is 0 Å². The van der Waals surface area contributed by atoms with E-state index in [-0.39, 0.29) is 0 Å². The molecular weight excluding hydrogens is 154 g/mol. The van der Waals surface area contributed by atoms with E-state index in [2.05, 4.69) is 5.10 Å². The molecule has 0 spiro atoms. The number of rotatable bonds is 2. The highest BCUT2D eigenvalue weighted by atomic mass is 16.5. The molecule has 1 aliphatic heterocycles. The van der Waals surface area contributed by atoms with Gasteiger partial charge in [0, 0.05) is 31.8 Å². The fraction of sp³-hybridized carbons (Fsp3) is 0.625. The molecule has 68 valence electrons. The maximum atomic E-state index is 5.76. The summed E-state index contributed by atoms with van der Waals surface area (Å²) < 4.78 is 5.24. The van der Waals surface area contributed by atoms with E-state index >= 15 is 0 Å². The van der Waals surface area contributed by atoms with Gasteiger partial charge in [0.1, 0.15) is 0 Å². The lowest BCUT2D eigenvalue weighted by atomic mass is 10.1. The third-order valence-electron chi connectivity index (χ3n) is 1.63. The third-order valence-corrected chi connectivity index (χ3v) is 1.63. The van der Waals surface area contributed by atoms with Crippen molar-refractivity contribution >= 4 is 6.21 Å². The smallest absolute Gasteiger partial charge is 0.0749 e. The molecule has 0 aliphatic carbocycles. The Morgan fingerprint density at radius 3 is 2.92 bits per heavy atom. The van der Waals surface area contributed by atoms with Crippen molar-refractivity contribution < 1.29 is 4.74 Å². The summed E-state index contributed by atoms with van der Waals surface area (Å²) in [5.74, 6) is 0. The van der Waals surface area contributed by atoms with Gasteiger partial charge in [-0.1, -0.05) is 0 Å². The predicted molar refractivity (Wildman–Crippen MR) is 48.8 cm³/mol. The van der Waals surface area contributed by atoms with Crippen LogP contribution in [-0.4, -0.2) is 38.5 Å². The molecule has 0 radical (unpaired) electrons. The second-order valence-corrected chi connectivity index (χ2v) is 2.94. The van der Waals surface area contributed by atoms with Crippen molar-refractivity contribution in [2.45, 2.75) is 6.42 Å². The summed E-state index contributed by atoms with van der Waals surface area (Å²) in [6, 6.07) is 0. The maximum Gasteiger partial charge on any atom is 0.0749 e. The minimum Gasteiger partial charge on any atom is -0.402 e. The van der Waals surface area contributed by atoms with Crippen molar-refractivity contribution in [3.8, 4) is 0 Å². The predicted octanol–water partition coefficient (Wildman–Crippen LogP) is 0.167. The topological polar surface area (TPSA) is 50.8 Å². The standard InChI is InChI=1S/C8H15N3O/c1-11(2)10-5-7-6-12-4-3-8(7)9/h5H,3-4,6,9H2,1-2H3. The number of hydrogen-bond acceptors (Lipinski definition) is 4. The Hall–Kier alpha value is -1.03. The number of ether oxygens (including phenoxy) is 1. The molecule has 2 N–H and O–H groups in total. The van der Waals surface area contributed by atoms with Crippen LogP contribution in [-0.2, 0) is 4.74 Å². The minimum atomic E-state index is 0.586. The number of hydrazone groups is 1. The van der Waals surface area contributed by atoms with Crippen molar-refractivity contribution in [3.63, 3.8) is 0 Å². The lowest BCUT2D eigenvalue weighted by Gasteiger charge is -2.15. The van der Waals surface area contributed by atoms with Gasteiger partial charge in [-0.3, -0.25) is 0 Å². The molecule has 0 bridgehead atoms. The highest BCUT2D eigenvalue weighted by molar-refractivity contribution is 5.79. The Morgan fingerprint density at radius 1 is 1.58 bits per heavy atom. The molecule has 12 heavy (non-hydrogen) atoms. The molecule has 0 aromatic rings. The molecule has 0 unspecified atom stereocenters. The lowest BCUT2D eigenvalue weighted by Crippen LogP contribution is -2.18. The first-order chi connectivity index (χ1) is 5.70. The Bertz CT molecular complexity index is 208. The summed E-state index contributed by atoms with van der Waals surface area (Å²) in [6.45, 7) is 1.31. The van der Waals surface area contributed by atoms with Gasteiger partial charge in [-0.2, -0.15) is 5.10 Å². The molecule has 0 aromatic carbocycles. The zero-order chi connectivity index (χ0) is 8.97. The monoisotopic (exact) mass is 169 g/mol. The van der Waals surface area contributed by atoms with Crippen LogP contribution >= 0.6 is 0 Å². The number of nitrogens with zero attached hydrogens (tertiary/aromatic N) is 2. The van der Waals surface area contributed by atoms with E-state index in [0.717, 1.165) is 24.3 Å². The summed E-state index contributed by atoms with van der Waals surface area (Å²) in [7, 11) is 3.74. The van der Waals surface area contributed by atoms with Gasteiger partial charge >= 0.3 is 0 Å². The quantitative estimate of drug-likeness (QED) is 0.473. The number of nitrogens with two attached hydrogens (primary N) is 1. The van der Waals surface area contributed by atoms with Gasteiger partial charge in [0.25, 0.3) is 0 Å². The van der Waals surface area contributed by atoms with E-state index in [0.29, 0.717) is 6.61 Å². The Morgan fingerprint density at radius 2 is 2.33 bits per heavy atom. The summed E-state index contributed by atoms with van der Waals surface area (Å²) in [4.78, 5) is 0. The zero-order valence-corrected chi connectivity index (χ0v) is 7.58. The summed E-state index contributed by atoms with van der Waals surface area (Å²) >= 11 is 0. The van der Waals surface area contributed by atoms with Gasteiger partial charge in [0.05, 0.1) is 19.4 Å². The largest absolute Gasteiger partial charge is 0.402 e. The van der Waals surface area contributed by atoms with Crippen LogP contribution in [0.25, 0.3) is 0 Å². The molecule has 1 aliphatic rings. The Labute approximate surface area is 72.7 Å². The average molecular weight is 169 g/mol. The Balaban J connectivity index is 2.60. The highest BCUT2D eigenvalue weighted by Crippen LogP contribution is 2.08. The van der Waals surface area contributed by atoms with E-state index in [1.165, 1.54) is 0 Å². The maximum absolute atomic E-state index is 5.76. The van der Waals surface area contributed by atoms with Crippen molar-refractivity contribution in [1.29, 1.82) is 0 Å². The zero-order valence-electron chi connectivity index (χ0n) is 7.58. The molecule has 0 saturated heterocycles. The summed E-state index contributed by atoms with van der Waals surface area (Å²) in [5.41, 5.74) is 7.65.